The molecular weight excluding hydrogens is 426 g/mol. The Bertz CT molecular complexity index is 1050. The van der Waals surface area contributed by atoms with E-state index in [1.165, 1.54) is 15.3 Å². The van der Waals surface area contributed by atoms with E-state index in [4.69, 9.17) is 0 Å². The summed E-state index contributed by atoms with van der Waals surface area (Å²) in [6.45, 7) is 1.90. The maximum Gasteiger partial charge on any atom is 0.321 e. The molecule has 31 heavy (non-hydrogen) atoms. The minimum atomic E-state index is -0.155. The fraction of sp³-hybridized carbons (Fsp3) is 0.333. The molecule has 2 aliphatic rings. The van der Waals surface area contributed by atoms with Gasteiger partial charge in [-0.05, 0) is 59.9 Å². The molecule has 1 saturated heterocycles. The van der Waals surface area contributed by atoms with E-state index in [9.17, 15) is 9.59 Å². The number of fused-ring (bicyclic) bond motifs is 1. The Morgan fingerprint density at radius 2 is 1.84 bits per heavy atom. The Morgan fingerprint density at radius 1 is 0.968 bits per heavy atom. The molecule has 1 aromatic carbocycles. The van der Waals surface area contributed by atoms with Gasteiger partial charge in [0.25, 0.3) is 0 Å². The number of benzene rings is 1. The smallest absolute Gasteiger partial charge is 0.321 e. The summed E-state index contributed by atoms with van der Waals surface area (Å²) in [5.74, 6) is 0.0189. The predicted octanol–water partition coefficient (Wildman–Crippen LogP) is 5.23. The van der Waals surface area contributed by atoms with Crippen molar-refractivity contribution in [1.29, 1.82) is 0 Å². The van der Waals surface area contributed by atoms with Crippen LogP contribution in [-0.4, -0.2) is 41.4 Å². The highest BCUT2D eigenvalue weighted by molar-refractivity contribution is 7.10. The summed E-state index contributed by atoms with van der Waals surface area (Å²) in [7, 11) is 0. The molecule has 5 nitrogen and oxygen atoms in total. The average molecular weight is 452 g/mol. The summed E-state index contributed by atoms with van der Waals surface area (Å²) in [6.07, 6.45) is 2.59. The monoisotopic (exact) mass is 451 g/mol. The Morgan fingerprint density at radius 3 is 2.65 bits per heavy atom. The molecule has 3 aromatic rings. The molecule has 3 amide bonds. The maximum atomic E-state index is 13.7. The number of para-hydroxylation sites is 1. The zero-order chi connectivity index (χ0) is 21.2. The molecule has 0 bridgehead atoms. The number of carbonyl (C=O) groups is 2. The van der Waals surface area contributed by atoms with E-state index in [1.54, 1.807) is 27.6 Å². The minimum Gasteiger partial charge on any atom is -0.330 e. The Hall–Kier alpha value is -2.64. The highest BCUT2D eigenvalue weighted by Crippen LogP contribution is 2.40. The van der Waals surface area contributed by atoms with Crippen molar-refractivity contribution in [3.8, 4) is 0 Å². The Labute approximate surface area is 190 Å². The summed E-state index contributed by atoms with van der Waals surface area (Å²) in [4.78, 5) is 32.9. The van der Waals surface area contributed by atoms with E-state index in [-0.39, 0.29) is 23.9 Å². The van der Waals surface area contributed by atoms with Crippen LogP contribution in [0, 0.1) is 5.92 Å². The molecule has 1 fully saturated rings. The number of thiophene rings is 2. The lowest BCUT2D eigenvalue weighted by Crippen LogP contribution is -2.50. The SMILES string of the molecule is O=C(Nc1ccccc1)N1CCC[C@H](C(=O)N2CCc3sccc3[C@H]2c2cccs2)C1. The third-order valence-electron chi connectivity index (χ3n) is 6.14. The van der Waals surface area contributed by atoms with Crippen molar-refractivity contribution in [2.24, 2.45) is 5.92 Å². The predicted molar refractivity (Wildman–Crippen MR) is 126 cm³/mol. The van der Waals surface area contributed by atoms with Crippen LogP contribution in [0.3, 0.4) is 0 Å². The first-order valence-electron chi connectivity index (χ1n) is 10.7. The topological polar surface area (TPSA) is 52.7 Å². The van der Waals surface area contributed by atoms with E-state index < -0.39 is 0 Å². The van der Waals surface area contributed by atoms with Crippen LogP contribution >= 0.6 is 22.7 Å². The summed E-state index contributed by atoms with van der Waals surface area (Å²) >= 11 is 3.49. The van der Waals surface area contributed by atoms with Crippen LogP contribution in [0.25, 0.3) is 0 Å². The first-order chi connectivity index (χ1) is 15.2. The van der Waals surface area contributed by atoms with Gasteiger partial charge >= 0.3 is 6.03 Å². The first kappa shape index (κ1) is 20.3. The molecule has 0 unspecified atom stereocenters. The Kier molecular flexibility index (Phi) is 5.78. The largest absolute Gasteiger partial charge is 0.330 e. The van der Waals surface area contributed by atoms with Crippen LogP contribution in [-0.2, 0) is 11.2 Å². The van der Waals surface area contributed by atoms with Crippen LogP contribution in [0.15, 0.2) is 59.3 Å². The van der Waals surface area contributed by atoms with Crippen molar-refractivity contribution in [2.45, 2.75) is 25.3 Å². The van der Waals surface area contributed by atoms with E-state index in [0.29, 0.717) is 13.1 Å². The third kappa shape index (κ3) is 4.12. The van der Waals surface area contributed by atoms with Gasteiger partial charge in [0.05, 0.1) is 12.0 Å². The average Bonchev–Trinajstić information content (AvgIpc) is 3.51. The van der Waals surface area contributed by atoms with E-state index in [2.05, 4.69) is 39.2 Å². The highest BCUT2D eigenvalue weighted by atomic mass is 32.1. The molecular formula is C24H25N3O2S2. The number of piperidine rings is 1. The van der Waals surface area contributed by atoms with Crippen LogP contribution in [0.1, 0.15) is 34.2 Å². The van der Waals surface area contributed by atoms with Crippen molar-refractivity contribution in [3.63, 3.8) is 0 Å². The van der Waals surface area contributed by atoms with Crippen LogP contribution in [0.5, 0.6) is 0 Å². The lowest BCUT2D eigenvalue weighted by Gasteiger charge is -2.40. The summed E-state index contributed by atoms with van der Waals surface area (Å²) in [5, 5.41) is 7.17. The molecule has 160 valence electrons. The number of amides is 3. The number of carbonyl (C=O) groups excluding carboxylic acids is 2. The summed E-state index contributed by atoms with van der Waals surface area (Å²) < 4.78 is 0. The molecule has 0 aliphatic carbocycles. The Balaban J connectivity index is 1.32. The van der Waals surface area contributed by atoms with Crippen LogP contribution in [0.4, 0.5) is 10.5 Å². The van der Waals surface area contributed by atoms with Crippen LogP contribution in [0.2, 0.25) is 0 Å². The molecule has 0 radical (unpaired) electrons. The zero-order valence-corrected chi connectivity index (χ0v) is 18.8. The van der Waals surface area contributed by atoms with Gasteiger partial charge in [0, 0.05) is 35.1 Å². The van der Waals surface area contributed by atoms with Gasteiger partial charge in [-0.1, -0.05) is 24.3 Å². The van der Waals surface area contributed by atoms with Crippen molar-refractivity contribution in [2.75, 3.05) is 25.0 Å². The number of hydrogen-bond donors (Lipinski definition) is 1. The van der Waals surface area contributed by atoms with Gasteiger partial charge in [0.2, 0.25) is 5.91 Å². The maximum absolute atomic E-state index is 13.7. The second-order valence-electron chi connectivity index (χ2n) is 8.08. The molecule has 4 heterocycles. The fourth-order valence-electron chi connectivity index (χ4n) is 4.63. The van der Waals surface area contributed by atoms with E-state index in [1.807, 2.05) is 30.3 Å². The standard InChI is InChI=1S/C24H25N3O2S2/c28-23(17-6-4-12-26(16-17)24(29)25-18-7-2-1-3-8-18)27-13-10-20-19(11-15-31-20)22(27)21-9-5-14-30-21/h1-3,5,7-9,11,14-15,17,22H,4,6,10,12-13,16H2,(H,25,29)/t17-,22-/m0/s1. The number of nitrogens with one attached hydrogen (secondary N) is 1. The molecule has 7 heteroatoms. The van der Waals surface area contributed by atoms with Crippen molar-refractivity contribution >= 4 is 40.3 Å². The summed E-state index contributed by atoms with van der Waals surface area (Å²) in [6, 6.07) is 15.7. The minimum absolute atomic E-state index is 0.00368. The molecule has 2 aromatic heterocycles. The van der Waals surface area contributed by atoms with Gasteiger partial charge in [-0.25, -0.2) is 4.79 Å². The highest BCUT2D eigenvalue weighted by Gasteiger charge is 2.38. The van der Waals surface area contributed by atoms with Gasteiger partial charge in [-0.15, -0.1) is 22.7 Å². The number of rotatable bonds is 3. The second-order valence-corrected chi connectivity index (χ2v) is 10.1. The molecule has 1 N–H and O–H groups in total. The molecule has 2 aliphatic heterocycles. The van der Waals surface area contributed by atoms with Crippen molar-refractivity contribution in [1.82, 2.24) is 9.80 Å². The lowest BCUT2D eigenvalue weighted by atomic mass is 9.92. The molecule has 0 spiro atoms. The van der Waals surface area contributed by atoms with Gasteiger partial charge in [0.15, 0.2) is 0 Å². The van der Waals surface area contributed by atoms with Gasteiger partial charge < -0.3 is 15.1 Å². The quantitative estimate of drug-likeness (QED) is 0.593. The van der Waals surface area contributed by atoms with Crippen molar-refractivity contribution in [3.05, 3.63) is 74.6 Å². The molecule has 0 saturated carbocycles. The van der Waals surface area contributed by atoms with Crippen molar-refractivity contribution < 1.29 is 9.59 Å². The van der Waals surface area contributed by atoms with E-state index in [0.717, 1.165) is 31.5 Å². The van der Waals surface area contributed by atoms with E-state index >= 15 is 0 Å². The molecule has 5 rings (SSSR count). The number of anilines is 1. The second kappa shape index (κ2) is 8.85. The number of likely N-dealkylation sites (tertiary alicyclic amines) is 1. The third-order valence-corrected chi connectivity index (χ3v) is 8.07. The normalized spacial score (nSPS) is 20.9. The van der Waals surface area contributed by atoms with Gasteiger partial charge in [-0.3, -0.25) is 4.79 Å². The first-order valence-corrected chi connectivity index (χ1v) is 12.5. The van der Waals surface area contributed by atoms with Gasteiger partial charge in [-0.2, -0.15) is 0 Å². The number of hydrogen-bond acceptors (Lipinski definition) is 4. The van der Waals surface area contributed by atoms with Gasteiger partial charge in [0.1, 0.15) is 0 Å². The number of nitrogens with zero attached hydrogens (tertiary/aromatic N) is 2. The molecule has 2 atom stereocenters. The van der Waals surface area contributed by atoms with Crippen LogP contribution < -0.4 is 5.32 Å². The fourth-order valence-corrected chi connectivity index (χ4v) is 6.39. The zero-order valence-electron chi connectivity index (χ0n) is 17.2. The lowest BCUT2D eigenvalue weighted by molar-refractivity contribution is -0.139. The summed E-state index contributed by atoms with van der Waals surface area (Å²) in [5.41, 5.74) is 2.04. The number of urea groups is 1.